The smallest absolute Gasteiger partial charge is 0.387 e. The van der Waals surface area contributed by atoms with Gasteiger partial charge in [-0.1, -0.05) is 0 Å². The number of hydrogen-bond acceptors (Lipinski definition) is 5. The fraction of sp³-hybridized carbons (Fsp3) is 0.227. The van der Waals surface area contributed by atoms with Gasteiger partial charge in [0.2, 0.25) is 5.91 Å². The van der Waals surface area contributed by atoms with Gasteiger partial charge in [0.15, 0.2) is 5.13 Å². The second kappa shape index (κ2) is 10.9. The summed E-state index contributed by atoms with van der Waals surface area (Å²) in [6.07, 6.45) is 0.378. The number of hydrogen-bond donors (Lipinski definition) is 2. The molecule has 3 aromatic rings. The van der Waals surface area contributed by atoms with E-state index in [1.165, 1.54) is 23.5 Å². The first-order valence-electron chi connectivity index (χ1n) is 9.78. The lowest BCUT2D eigenvalue weighted by Crippen LogP contribution is -2.26. The van der Waals surface area contributed by atoms with E-state index in [4.69, 9.17) is 0 Å². The minimum Gasteiger partial charge on any atom is -0.435 e. The number of amides is 2. The van der Waals surface area contributed by atoms with Crippen LogP contribution in [0.5, 0.6) is 5.75 Å². The lowest BCUT2D eigenvalue weighted by atomic mass is 10.1. The Kier molecular flexibility index (Phi) is 7.99. The minimum absolute atomic E-state index is 0.0319. The zero-order valence-corrected chi connectivity index (χ0v) is 18.1. The molecule has 2 amide bonds. The predicted octanol–water partition coefficient (Wildman–Crippen LogP) is 5.15. The summed E-state index contributed by atoms with van der Waals surface area (Å²) in [4.78, 5) is 29.3. The molecule has 2 N–H and O–H groups in total. The van der Waals surface area contributed by atoms with Crippen molar-refractivity contribution in [3.8, 4) is 17.0 Å². The van der Waals surface area contributed by atoms with E-state index >= 15 is 0 Å². The molecule has 0 aliphatic carbocycles. The predicted molar refractivity (Wildman–Crippen MR) is 115 cm³/mol. The number of carbonyl (C=O) groups excluding carboxylic acids is 2. The summed E-state index contributed by atoms with van der Waals surface area (Å²) in [5.41, 5.74) is 1.01. The Hall–Kier alpha value is -3.47. The molecular formula is C22H19F4N3O3S. The summed E-state index contributed by atoms with van der Waals surface area (Å²) in [6.45, 7) is -0.967. The number of nitrogens with zero attached hydrogens (tertiary/aromatic N) is 1. The maximum absolute atomic E-state index is 13.6. The summed E-state index contributed by atoms with van der Waals surface area (Å²) >= 11 is 1.26. The average molecular weight is 481 g/mol. The van der Waals surface area contributed by atoms with Crippen LogP contribution in [0, 0.1) is 18.6 Å². The number of thiazole rings is 1. The Morgan fingerprint density at radius 2 is 1.85 bits per heavy atom. The number of alkyl halides is 2. The molecule has 0 saturated heterocycles. The Morgan fingerprint density at radius 3 is 2.52 bits per heavy atom. The van der Waals surface area contributed by atoms with Crippen molar-refractivity contribution in [1.29, 1.82) is 0 Å². The van der Waals surface area contributed by atoms with E-state index in [-0.39, 0.29) is 30.2 Å². The van der Waals surface area contributed by atoms with Gasteiger partial charge in [0.1, 0.15) is 17.4 Å². The zero-order valence-electron chi connectivity index (χ0n) is 17.3. The van der Waals surface area contributed by atoms with E-state index in [9.17, 15) is 27.2 Å². The highest BCUT2D eigenvalue weighted by atomic mass is 32.1. The van der Waals surface area contributed by atoms with Crippen molar-refractivity contribution in [1.82, 2.24) is 10.3 Å². The SMILES string of the molecule is Cc1sc(NC(=O)CCCNC(=O)c2ccc(F)cc2F)nc1-c1ccc(OC(F)F)cc1. The molecule has 0 saturated carbocycles. The van der Waals surface area contributed by atoms with E-state index in [1.807, 2.05) is 6.92 Å². The zero-order chi connectivity index (χ0) is 24.0. The van der Waals surface area contributed by atoms with Crippen LogP contribution in [0.15, 0.2) is 42.5 Å². The van der Waals surface area contributed by atoms with E-state index < -0.39 is 24.2 Å². The van der Waals surface area contributed by atoms with Crippen LogP contribution in [-0.4, -0.2) is 30.0 Å². The maximum atomic E-state index is 13.6. The Balaban J connectivity index is 1.48. The standard InChI is InChI=1S/C22H19F4N3O3S/c1-12-19(13-4-7-15(8-5-13)32-21(25)26)29-22(33-12)28-18(30)3-2-10-27-20(31)16-9-6-14(23)11-17(16)24/h4-9,11,21H,2-3,10H2,1H3,(H,27,31)(H,28,29,30). The Morgan fingerprint density at radius 1 is 1.12 bits per heavy atom. The molecule has 0 aliphatic rings. The summed E-state index contributed by atoms with van der Waals surface area (Å²) in [5.74, 6) is -2.73. The summed E-state index contributed by atoms with van der Waals surface area (Å²) in [5, 5.41) is 5.53. The van der Waals surface area contributed by atoms with E-state index in [0.717, 1.165) is 17.0 Å². The molecule has 0 atom stereocenters. The molecule has 11 heteroatoms. The number of nitrogens with one attached hydrogen (secondary N) is 2. The molecule has 1 heterocycles. The Labute approximate surface area is 190 Å². The number of rotatable bonds is 9. The third kappa shape index (κ3) is 6.75. The second-order valence-electron chi connectivity index (χ2n) is 6.86. The summed E-state index contributed by atoms with van der Waals surface area (Å²) < 4.78 is 55.4. The number of benzene rings is 2. The van der Waals surface area contributed by atoms with Crippen molar-refractivity contribution >= 4 is 28.3 Å². The molecule has 0 bridgehead atoms. The lowest BCUT2D eigenvalue weighted by molar-refractivity contribution is -0.116. The highest BCUT2D eigenvalue weighted by molar-refractivity contribution is 7.16. The molecule has 6 nitrogen and oxygen atoms in total. The number of ether oxygens (including phenoxy) is 1. The van der Waals surface area contributed by atoms with Crippen molar-refractivity contribution in [2.75, 3.05) is 11.9 Å². The van der Waals surface area contributed by atoms with E-state index in [1.54, 1.807) is 12.1 Å². The van der Waals surface area contributed by atoms with Gasteiger partial charge in [-0.2, -0.15) is 8.78 Å². The highest BCUT2D eigenvalue weighted by Crippen LogP contribution is 2.31. The highest BCUT2D eigenvalue weighted by Gasteiger charge is 2.14. The van der Waals surface area contributed by atoms with Crippen LogP contribution >= 0.6 is 11.3 Å². The molecule has 33 heavy (non-hydrogen) atoms. The average Bonchev–Trinajstić information content (AvgIpc) is 3.11. The molecule has 0 fully saturated rings. The van der Waals surface area contributed by atoms with Gasteiger partial charge in [-0.25, -0.2) is 13.8 Å². The molecule has 2 aromatic carbocycles. The van der Waals surface area contributed by atoms with Gasteiger partial charge in [0.25, 0.3) is 5.91 Å². The molecule has 0 spiro atoms. The van der Waals surface area contributed by atoms with Crippen LogP contribution in [0.3, 0.4) is 0 Å². The van der Waals surface area contributed by atoms with Crippen LogP contribution in [0.25, 0.3) is 11.3 Å². The summed E-state index contributed by atoms with van der Waals surface area (Å²) in [7, 11) is 0. The maximum Gasteiger partial charge on any atom is 0.387 e. The van der Waals surface area contributed by atoms with Crippen LogP contribution in [0.2, 0.25) is 0 Å². The number of carbonyl (C=O) groups is 2. The fourth-order valence-electron chi connectivity index (χ4n) is 2.91. The van der Waals surface area contributed by atoms with Gasteiger partial charge in [-0.05, 0) is 49.7 Å². The first-order valence-corrected chi connectivity index (χ1v) is 10.6. The molecular weight excluding hydrogens is 462 g/mol. The summed E-state index contributed by atoms with van der Waals surface area (Å²) in [6, 6.07) is 8.67. The van der Waals surface area contributed by atoms with E-state index in [2.05, 4.69) is 20.4 Å². The van der Waals surface area contributed by atoms with Gasteiger partial charge >= 0.3 is 6.61 Å². The number of anilines is 1. The third-order valence-electron chi connectivity index (χ3n) is 4.44. The van der Waals surface area contributed by atoms with Crippen molar-refractivity contribution in [2.24, 2.45) is 0 Å². The van der Waals surface area contributed by atoms with Crippen LogP contribution in [-0.2, 0) is 4.79 Å². The normalized spacial score (nSPS) is 10.8. The first kappa shape index (κ1) is 24.2. The van der Waals surface area contributed by atoms with Crippen molar-refractivity contribution in [2.45, 2.75) is 26.4 Å². The number of aromatic nitrogens is 1. The van der Waals surface area contributed by atoms with Gasteiger partial charge < -0.3 is 15.4 Å². The molecule has 174 valence electrons. The Bertz CT molecular complexity index is 1140. The van der Waals surface area contributed by atoms with Crippen LogP contribution < -0.4 is 15.4 Å². The van der Waals surface area contributed by atoms with Gasteiger partial charge in [-0.3, -0.25) is 9.59 Å². The van der Waals surface area contributed by atoms with Crippen molar-refractivity contribution < 1.29 is 31.9 Å². The third-order valence-corrected chi connectivity index (χ3v) is 5.32. The topological polar surface area (TPSA) is 80.3 Å². The second-order valence-corrected chi connectivity index (χ2v) is 8.06. The molecule has 3 rings (SSSR count). The lowest BCUT2D eigenvalue weighted by Gasteiger charge is -2.06. The van der Waals surface area contributed by atoms with E-state index in [0.29, 0.717) is 28.9 Å². The van der Waals surface area contributed by atoms with Crippen LogP contribution in [0.1, 0.15) is 28.1 Å². The number of halogens is 4. The molecule has 1 aromatic heterocycles. The van der Waals surface area contributed by atoms with Crippen molar-refractivity contribution in [3.05, 3.63) is 64.5 Å². The molecule has 0 unspecified atom stereocenters. The van der Waals surface area contributed by atoms with Gasteiger partial charge in [-0.15, -0.1) is 11.3 Å². The van der Waals surface area contributed by atoms with Gasteiger partial charge in [0, 0.05) is 29.5 Å². The van der Waals surface area contributed by atoms with Gasteiger partial charge in [0.05, 0.1) is 11.3 Å². The quantitative estimate of drug-likeness (QED) is 0.327. The monoisotopic (exact) mass is 481 g/mol. The molecule has 0 radical (unpaired) electrons. The first-order chi connectivity index (χ1) is 15.7. The van der Waals surface area contributed by atoms with Crippen molar-refractivity contribution in [3.63, 3.8) is 0 Å². The number of aryl methyl sites for hydroxylation is 1. The minimum atomic E-state index is -2.91. The van der Waals surface area contributed by atoms with Crippen LogP contribution in [0.4, 0.5) is 22.7 Å². The largest absolute Gasteiger partial charge is 0.435 e. The molecule has 0 aliphatic heterocycles. The fourth-order valence-corrected chi connectivity index (χ4v) is 3.77.